The van der Waals surface area contributed by atoms with Gasteiger partial charge in [-0.2, -0.15) is 0 Å². The number of para-hydroxylation sites is 1. The smallest absolute Gasteiger partial charge is 0.263 e. The maximum absolute atomic E-state index is 12.9. The highest BCUT2D eigenvalue weighted by atomic mass is 16.5. The second kappa shape index (κ2) is 9.39. The van der Waals surface area contributed by atoms with Gasteiger partial charge in [-0.3, -0.25) is 4.79 Å². The Kier molecular flexibility index (Phi) is 6.23. The van der Waals surface area contributed by atoms with Crippen LogP contribution in [-0.4, -0.2) is 29.0 Å². The molecule has 1 atom stereocenters. The molecule has 6 heteroatoms. The van der Waals surface area contributed by atoms with Crippen molar-refractivity contribution in [2.75, 3.05) is 23.3 Å². The maximum Gasteiger partial charge on any atom is 0.263 e. The zero-order valence-corrected chi connectivity index (χ0v) is 17.1. The number of nitrogens with zero attached hydrogens (tertiary/aromatic N) is 3. The largest absolute Gasteiger partial charge is 0.436 e. The van der Waals surface area contributed by atoms with Crippen molar-refractivity contribution >= 4 is 17.4 Å². The van der Waals surface area contributed by atoms with Crippen LogP contribution < -0.4 is 15.0 Å². The summed E-state index contributed by atoms with van der Waals surface area (Å²) >= 11 is 0. The molecule has 1 aromatic heterocycles. The van der Waals surface area contributed by atoms with E-state index in [0.29, 0.717) is 24.0 Å². The average molecular weight is 402 g/mol. The molecule has 154 valence electrons. The zero-order valence-electron chi connectivity index (χ0n) is 17.1. The summed E-state index contributed by atoms with van der Waals surface area (Å²) in [6.07, 6.45) is 6.03. The van der Waals surface area contributed by atoms with Crippen LogP contribution >= 0.6 is 0 Å². The van der Waals surface area contributed by atoms with E-state index in [-0.39, 0.29) is 11.8 Å². The number of nitrogens with one attached hydrogen (secondary N) is 1. The minimum Gasteiger partial charge on any atom is -0.436 e. The van der Waals surface area contributed by atoms with Gasteiger partial charge < -0.3 is 15.0 Å². The lowest BCUT2D eigenvalue weighted by molar-refractivity contribution is -0.120. The quantitative estimate of drug-likeness (QED) is 0.648. The topological polar surface area (TPSA) is 67.4 Å². The van der Waals surface area contributed by atoms with Gasteiger partial charge in [0.15, 0.2) is 5.82 Å². The molecule has 6 nitrogen and oxygen atoms in total. The van der Waals surface area contributed by atoms with Gasteiger partial charge in [0.25, 0.3) is 5.88 Å². The molecule has 1 fully saturated rings. The summed E-state index contributed by atoms with van der Waals surface area (Å²) in [5.74, 6) is 1.77. The van der Waals surface area contributed by atoms with Gasteiger partial charge in [-0.15, -0.1) is 0 Å². The first-order valence-electron chi connectivity index (χ1n) is 10.4. The van der Waals surface area contributed by atoms with E-state index >= 15 is 0 Å². The highest BCUT2D eigenvalue weighted by Gasteiger charge is 2.28. The molecule has 1 aliphatic rings. The molecule has 0 saturated carbocycles. The van der Waals surface area contributed by atoms with Gasteiger partial charge in [0.1, 0.15) is 5.75 Å². The van der Waals surface area contributed by atoms with Crippen molar-refractivity contribution in [3.05, 3.63) is 72.6 Å². The Morgan fingerprint density at radius 1 is 1.10 bits per heavy atom. The molecular formula is C24H26N4O2. The predicted molar refractivity (Wildman–Crippen MR) is 118 cm³/mol. The molecule has 0 spiro atoms. The fourth-order valence-corrected chi connectivity index (χ4v) is 3.66. The molecule has 1 saturated heterocycles. The van der Waals surface area contributed by atoms with Crippen LogP contribution in [-0.2, 0) is 11.2 Å². The van der Waals surface area contributed by atoms with E-state index in [1.165, 1.54) is 5.56 Å². The molecule has 0 radical (unpaired) electrons. The van der Waals surface area contributed by atoms with Gasteiger partial charge in [0.2, 0.25) is 5.91 Å². The van der Waals surface area contributed by atoms with Crippen molar-refractivity contribution < 1.29 is 9.53 Å². The highest BCUT2D eigenvalue weighted by Crippen LogP contribution is 2.31. The standard InChI is InChI=1S/C24H26N4O2/c1-2-18-10-12-20(13-11-18)27-23(29)19-7-6-16-28(17-19)22-24(26-15-14-25-22)30-21-8-4-3-5-9-21/h3-5,8-15,19H,2,6-7,16-17H2,1H3,(H,27,29)/t19-/m1/s1. The minimum absolute atomic E-state index is 0.0402. The van der Waals surface area contributed by atoms with Gasteiger partial charge >= 0.3 is 0 Å². The lowest BCUT2D eigenvalue weighted by Crippen LogP contribution is -2.41. The molecule has 1 N–H and O–H groups in total. The first kappa shape index (κ1) is 19.9. The Morgan fingerprint density at radius 2 is 1.87 bits per heavy atom. The van der Waals surface area contributed by atoms with E-state index < -0.39 is 0 Å². The highest BCUT2D eigenvalue weighted by molar-refractivity contribution is 5.93. The molecule has 0 bridgehead atoms. The first-order chi connectivity index (χ1) is 14.7. The predicted octanol–water partition coefficient (Wildman–Crippen LogP) is 4.69. The lowest BCUT2D eigenvalue weighted by atomic mass is 9.97. The maximum atomic E-state index is 12.9. The van der Waals surface area contributed by atoms with Gasteiger partial charge in [0, 0.05) is 31.2 Å². The van der Waals surface area contributed by atoms with Crippen LogP contribution in [0.3, 0.4) is 0 Å². The van der Waals surface area contributed by atoms with Crippen LogP contribution in [0.15, 0.2) is 67.0 Å². The fraction of sp³-hybridized carbons (Fsp3) is 0.292. The van der Waals surface area contributed by atoms with E-state index in [2.05, 4.69) is 39.2 Å². The number of aromatic nitrogens is 2. The Morgan fingerprint density at radius 3 is 2.63 bits per heavy atom. The third kappa shape index (κ3) is 4.76. The molecule has 2 aromatic carbocycles. The Labute approximate surface area is 176 Å². The Hall–Kier alpha value is -3.41. The van der Waals surface area contributed by atoms with Crippen molar-refractivity contribution in [1.82, 2.24) is 9.97 Å². The van der Waals surface area contributed by atoms with Gasteiger partial charge in [-0.05, 0) is 49.1 Å². The zero-order chi connectivity index (χ0) is 20.8. The number of piperidine rings is 1. The number of hydrogen-bond donors (Lipinski definition) is 1. The van der Waals surface area contributed by atoms with Gasteiger partial charge in [0.05, 0.1) is 5.92 Å². The molecule has 1 aliphatic heterocycles. The number of ether oxygens (including phenoxy) is 1. The van der Waals surface area contributed by atoms with Crippen LogP contribution in [0.1, 0.15) is 25.3 Å². The second-order valence-electron chi connectivity index (χ2n) is 7.43. The number of carbonyl (C=O) groups excluding carboxylic acids is 1. The summed E-state index contributed by atoms with van der Waals surface area (Å²) in [6, 6.07) is 17.6. The summed E-state index contributed by atoms with van der Waals surface area (Å²) in [6.45, 7) is 3.52. The SMILES string of the molecule is CCc1ccc(NC(=O)[C@@H]2CCCN(c3nccnc3Oc3ccccc3)C2)cc1. The van der Waals surface area contributed by atoms with E-state index in [1.54, 1.807) is 12.4 Å². The van der Waals surface area contributed by atoms with Crippen molar-refractivity contribution in [3.8, 4) is 11.6 Å². The van der Waals surface area contributed by atoms with Crippen LogP contribution in [0.2, 0.25) is 0 Å². The van der Waals surface area contributed by atoms with Crippen molar-refractivity contribution in [2.45, 2.75) is 26.2 Å². The molecule has 4 rings (SSSR count). The molecule has 3 aromatic rings. The van der Waals surface area contributed by atoms with E-state index in [0.717, 1.165) is 31.5 Å². The van der Waals surface area contributed by atoms with Crippen LogP contribution in [0.5, 0.6) is 11.6 Å². The van der Waals surface area contributed by atoms with Crippen molar-refractivity contribution in [3.63, 3.8) is 0 Å². The molecule has 1 amide bonds. The summed E-state index contributed by atoms with van der Waals surface area (Å²) in [5, 5.41) is 3.06. The number of anilines is 2. The minimum atomic E-state index is -0.115. The van der Waals surface area contributed by atoms with Crippen LogP contribution in [0.4, 0.5) is 11.5 Å². The second-order valence-corrected chi connectivity index (χ2v) is 7.43. The summed E-state index contributed by atoms with van der Waals surface area (Å²) in [5.41, 5.74) is 2.09. The Bertz CT molecular complexity index is 976. The molecule has 30 heavy (non-hydrogen) atoms. The number of amides is 1. The van der Waals surface area contributed by atoms with Gasteiger partial charge in [-0.25, -0.2) is 9.97 Å². The molecule has 0 unspecified atom stereocenters. The number of aryl methyl sites for hydroxylation is 1. The molecule has 0 aliphatic carbocycles. The van der Waals surface area contributed by atoms with Crippen LogP contribution in [0, 0.1) is 5.92 Å². The average Bonchev–Trinajstić information content (AvgIpc) is 2.81. The summed E-state index contributed by atoms with van der Waals surface area (Å²) in [7, 11) is 0. The third-order valence-electron chi connectivity index (χ3n) is 5.33. The number of rotatable bonds is 6. The van der Waals surface area contributed by atoms with E-state index in [4.69, 9.17) is 4.74 Å². The van der Waals surface area contributed by atoms with Crippen molar-refractivity contribution in [2.24, 2.45) is 5.92 Å². The molecule has 2 heterocycles. The monoisotopic (exact) mass is 402 g/mol. The Balaban J connectivity index is 1.45. The summed E-state index contributed by atoms with van der Waals surface area (Å²) < 4.78 is 5.96. The van der Waals surface area contributed by atoms with E-state index in [9.17, 15) is 4.79 Å². The van der Waals surface area contributed by atoms with Crippen molar-refractivity contribution in [1.29, 1.82) is 0 Å². The van der Waals surface area contributed by atoms with E-state index in [1.807, 2.05) is 42.5 Å². The number of carbonyl (C=O) groups is 1. The number of benzene rings is 2. The lowest BCUT2D eigenvalue weighted by Gasteiger charge is -2.33. The van der Waals surface area contributed by atoms with Crippen LogP contribution in [0.25, 0.3) is 0 Å². The number of hydrogen-bond acceptors (Lipinski definition) is 5. The van der Waals surface area contributed by atoms with Gasteiger partial charge in [-0.1, -0.05) is 37.3 Å². The normalized spacial score (nSPS) is 16.2. The molecular weight excluding hydrogens is 376 g/mol. The third-order valence-corrected chi connectivity index (χ3v) is 5.33. The first-order valence-corrected chi connectivity index (χ1v) is 10.4. The summed E-state index contributed by atoms with van der Waals surface area (Å²) in [4.78, 5) is 23.8. The fourth-order valence-electron chi connectivity index (χ4n) is 3.66.